The van der Waals surface area contributed by atoms with Crippen molar-refractivity contribution in [2.45, 2.75) is 32.1 Å². The Bertz CT molecular complexity index is 757. The number of anilines is 2. The second-order valence-corrected chi connectivity index (χ2v) is 9.32. The average Bonchev–Trinajstić information content (AvgIpc) is 3.43. The summed E-state index contributed by atoms with van der Waals surface area (Å²) < 4.78 is 34.4. The smallest absolute Gasteiger partial charge is 0.279 e. The van der Waals surface area contributed by atoms with Crippen LogP contribution in [0.5, 0.6) is 0 Å². The van der Waals surface area contributed by atoms with Crippen LogP contribution >= 0.6 is 0 Å². The molecule has 0 aliphatic carbocycles. The fraction of sp³-hybridized carbons (Fsp3) is 0.778. The fourth-order valence-corrected chi connectivity index (χ4v) is 5.22. The summed E-state index contributed by atoms with van der Waals surface area (Å²) >= 11 is 0. The highest BCUT2D eigenvalue weighted by Crippen LogP contribution is 2.22. The molecule has 9 nitrogen and oxygen atoms in total. The minimum absolute atomic E-state index is 0.345. The molecule has 3 aliphatic heterocycles. The molecule has 4 heterocycles. The van der Waals surface area contributed by atoms with Crippen LogP contribution in [0.1, 0.15) is 31.4 Å². The van der Waals surface area contributed by atoms with E-state index < -0.39 is 10.2 Å². The number of aromatic nitrogens is 2. The van der Waals surface area contributed by atoms with Crippen LogP contribution < -0.4 is 14.5 Å². The minimum Gasteiger partial charge on any atom is -0.378 e. The Kier molecular flexibility index (Phi) is 6.29. The van der Waals surface area contributed by atoms with Gasteiger partial charge in [0.1, 0.15) is 5.82 Å². The minimum atomic E-state index is -3.38. The van der Waals surface area contributed by atoms with Crippen molar-refractivity contribution in [2.24, 2.45) is 0 Å². The normalized spacial score (nSPS) is 21.6. The summed E-state index contributed by atoms with van der Waals surface area (Å²) in [6, 6.07) is 2.00. The molecule has 0 radical (unpaired) electrons. The highest BCUT2D eigenvalue weighted by molar-refractivity contribution is 7.87. The zero-order valence-electron chi connectivity index (χ0n) is 16.3. The maximum Gasteiger partial charge on any atom is 0.279 e. The largest absolute Gasteiger partial charge is 0.378 e. The van der Waals surface area contributed by atoms with Gasteiger partial charge < -0.3 is 14.5 Å². The number of rotatable bonds is 7. The highest BCUT2D eigenvalue weighted by Gasteiger charge is 2.25. The number of ether oxygens (including phenoxy) is 1. The summed E-state index contributed by atoms with van der Waals surface area (Å²) in [6.07, 6.45) is 4.75. The molecular formula is C18H30N6O3S. The summed E-state index contributed by atoms with van der Waals surface area (Å²) in [5.41, 5.74) is 0.877. The quantitative estimate of drug-likeness (QED) is 0.695. The fourth-order valence-electron chi connectivity index (χ4n) is 3.94. The molecule has 1 aromatic rings. The van der Waals surface area contributed by atoms with E-state index in [0.717, 1.165) is 69.3 Å². The van der Waals surface area contributed by atoms with Gasteiger partial charge in [0.25, 0.3) is 10.2 Å². The van der Waals surface area contributed by atoms with E-state index in [1.165, 1.54) is 4.31 Å². The first kappa shape index (κ1) is 19.8. The van der Waals surface area contributed by atoms with Crippen LogP contribution in [0.3, 0.4) is 0 Å². The van der Waals surface area contributed by atoms with E-state index in [1.54, 1.807) is 0 Å². The van der Waals surface area contributed by atoms with Gasteiger partial charge in [0.2, 0.25) is 5.95 Å². The van der Waals surface area contributed by atoms with Gasteiger partial charge >= 0.3 is 0 Å². The van der Waals surface area contributed by atoms with Crippen molar-refractivity contribution in [1.29, 1.82) is 0 Å². The SMILES string of the molecule is O=S(=O)(NCCc1cc(N2CCOCC2)nc(N2CCCC2)n1)N1CCCC1. The number of hydrogen-bond acceptors (Lipinski definition) is 7. The van der Waals surface area contributed by atoms with Crippen molar-refractivity contribution >= 4 is 22.0 Å². The topological polar surface area (TPSA) is 90.9 Å². The molecule has 0 spiro atoms. The van der Waals surface area contributed by atoms with E-state index in [0.29, 0.717) is 39.3 Å². The molecule has 10 heteroatoms. The molecule has 0 aromatic carbocycles. The van der Waals surface area contributed by atoms with Crippen molar-refractivity contribution in [3.63, 3.8) is 0 Å². The molecule has 0 unspecified atom stereocenters. The first-order valence-electron chi connectivity index (χ1n) is 10.3. The molecule has 1 N–H and O–H groups in total. The third-order valence-corrected chi connectivity index (χ3v) is 7.16. The van der Waals surface area contributed by atoms with Gasteiger partial charge in [-0.25, -0.2) is 9.71 Å². The molecule has 0 atom stereocenters. The van der Waals surface area contributed by atoms with Crippen molar-refractivity contribution in [3.8, 4) is 0 Å². The molecule has 3 fully saturated rings. The van der Waals surface area contributed by atoms with Crippen molar-refractivity contribution in [3.05, 3.63) is 11.8 Å². The average molecular weight is 411 g/mol. The van der Waals surface area contributed by atoms with Gasteiger partial charge in [0.15, 0.2) is 0 Å². The van der Waals surface area contributed by atoms with Crippen LogP contribution in [0.4, 0.5) is 11.8 Å². The lowest BCUT2D eigenvalue weighted by atomic mass is 10.2. The molecule has 156 valence electrons. The number of nitrogens with one attached hydrogen (secondary N) is 1. The first-order valence-corrected chi connectivity index (χ1v) is 11.8. The predicted molar refractivity (Wildman–Crippen MR) is 108 cm³/mol. The molecule has 0 saturated carbocycles. The third kappa shape index (κ3) is 4.73. The van der Waals surface area contributed by atoms with Crippen LogP contribution in [-0.4, -0.2) is 81.7 Å². The van der Waals surface area contributed by atoms with Gasteiger partial charge in [0.05, 0.1) is 13.2 Å². The summed E-state index contributed by atoms with van der Waals surface area (Å²) in [4.78, 5) is 14.0. The van der Waals surface area contributed by atoms with Crippen LogP contribution in [-0.2, 0) is 21.4 Å². The number of hydrogen-bond donors (Lipinski definition) is 1. The van der Waals surface area contributed by atoms with Crippen LogP contribution in [0, 0.1) is 0 Å². The molecule has 3 saturated heterocycles. The Balaban J connectivity index is 1.46. The van der Waals surface area contributed by atoms with Crippen molar-refractivity contribution in [2.75, 3.05) is 68.8 Å². The van der Waals surface area contributed by atoms with Gasteiger partial charge in [-0.1, -0.05) is 0 Å². The second-order valence-electron chi connectivity index (χ2n) is 7.57. The van der Waals surface area contributed by atoms with E-state index >= 15 is 0 Å². The lowest BCUT2D eigenvalue weighted by Gasteiger charge is -2.29. The van der Waals surface area contributed by atoms with E-state index in [-0.39, 0.29) is 0 Å². The van der Waals surface area contributed by atoms with Crippen molar-refractivity contribution in [1.82, 2.24) is 19.0 Å². The zero-order valence-corrected chi connectivity index (χ0v) is 17.2. The monoisotopic (exact) mass is 410 g/mol. The summed E-state index contributed by atoms with van der Waals surface area (Å²) in [5.74, 6) is 1.68. The Morgan fingerprint density at radius 1 is 0.929 bits per heavy atom. The summed E-state index contributed by atoms with van der Waals surface area (Å²) in [5, 5.41) is 0. The van der Waals surface area contributed by atoms with E-state index in [9.17, 15) is 8.42 Å². The zero-order chi connectivity index (χ0) is 19.4. The Morgan fingerprint density at radius 2 is 1.61 bits per heavy atom. The molecule has 4 rings (SSSR count). The van der Waals surface area contributed by atoms with Crippen LogP contribution in [0.25, 0.3) is 0 Å². The number of nitrogens with zero attached hydrogens (tertiary/aromatic N) is 5. The molecule has 0 bridgehead atoms. The summed E-state index contributed by atoms with van der Waals surface area (Å²) in [6.45, 7) is 6.57. The lowest BCUT2D eigenvalue weighted by Crippen LogP contribution is -2.40. The van der Waals surface area contributed by atoms with E-state index in [1.807, 2.05) is 6.07 Å². The standard InChI is InChI=1S/C18H30N6O3S/c25-28(26,24-9-3-4-10-24)19-6-5-16-15-17(22-11-13-27-14-12-22)21-18(20-16)23-7-1-2-8-23/h15,19H,1-14H2. The van der Waals surface area contributed by atoms with Gasteiger partial charge in [-0.3, -0.25) is 0 Å². The molecule has 0 amide bonds. The number of morpholine rings is 1. The molecule has 1 aromatic heterocycles. The molecule has 28 heavy (non-hydrogen) atoms. The van der Waals surface area contributed by atoms with Crippen LogP contribution in [0.2, 0.25) is 0 Å². The maximum absolute atomic E-state index is 12.4. The van der Waals surface area contributed by atoms with Gasteiger partial charge in [0, 0.05) is 64.0 Å². The Labute approximate surface area is 167 Å². The van der Waals surface area contributed by atoms with E-state index in [2.05, 4.69) is 14.5 Å². The lowest BCUT2D eigenvalue weighted by molar-refractivity contribution is 0.122. The van der Waals surface area contributed by atoms with Gasteiger partial charge in [-0.2, -0.15) is 17.7 Å². The molecule has 3 aliphatic rings. The van der Waals surface area contributed by atoms with E-state index in [4.69, 9.17) is 14.7 Å². The van der Waals surface area contributed by atoms with Gasteiger partial charge in [-0.15, -0.1) is 0 Å². The first-order chi connectivity index (χ1) is 13.6. The van der Waals surface area contributed by atoms with Crippen LogP contribution in [0.15, 0.2) is 6.07 Å². The van der Waals surface area contributed by atoms with Crippen molar-refractivity contribution < 1.29 is 13.2 Å². The van der Waals surface area contributed by atoms with Gasteiger partial charge in [-0.05, 0) is 25.7 Å². The Hall–Kier alpha value is -1.49. The Morgan fingerprint density at radius 3 is 2.32 bits per heavy atom. The summed E-state index contributed by atoms with van der Waals surface area (Å²) in [7, 11) is -3.38. The second kappa shape index (κ2) is 8.89. The predicted octanol–water partition coefficient (Wildman–Crippen LogP) is 0.386. The highest BCUT2D eigenvalue weighted by atomic mass is 32.2. The maximum atomic E-state index is 12.4. The molecular weight excluding hydrogens is 380 g/mol. The third-order valence-electron chi connectivity index (χ3n) is 5.55.